The first-order chi connectivity index (χ1) is 20.1. The number of amides is 1. The molecule has 222 valence electrons. The summed E-state index contributed by atoms with van der Waals surface area (Å²) in [7, 11) is 0. The summed E-state index contributed by atoms with van der Waals surface area (Å²) >= 11 is 0. The Morgan fingerprint density at radius 1 is 1.02 bits per heavy atom. The number of hydrogen-bond acceptors (Lipinski definition) is 7. The molecule has 3 aromatic rings. The van der Waals surface area contributed by atoms with Crippen molar-refractivity contribution in [2.24, 2.45) is 4.99 Å². The van der Waals surface area contributed by atoms with Gasteiger partial charge in [0.1, 0.15) is 17.2 Å². The van der Waals surface area contributed by atoms with Gasteiger partial charge in [0.05, 0.1) is 6.61 Å². The third-order valence-corrected chi connectivity index (χ3v) is 6.63. The summed E-state index contributed by atoms with van der Waals surface area (Å²) in [4.78, 5) is 31.8. The molecule has 0 radical (unpaired) electrons. The van der Waals surface area contributed by atoms with Crippen molar-refractivity contribution >= 4 is 17.8 Å². The van der Waals surface area contributed by atoms with Gasteiger partial charge in [0.2, 0.25) is 5.90 Å². The molecule has 1 amide bonds. The monoisotopic (exact) mass is 576 g/mol. The van der Waals surface area contributed by atoms with Gasteiger partial charge in [0.25, 0.3) is 5.91 Å². The number of ether oxygens (including phenoxy) is 3. The zero-order valence-corrected chi connectivity index (χ0v) is 24.1. The lowest BCUT2D eigenvalue weighted by Gasteiger charge is -2.31. The second kappa shape index (κ2) is 13.6. The highest BCUT2D eigenvalue weighted by atomic mass is 19.1. The molecule has 2 atom stereocenters. The maximum Gasteiger partial charge on any atom is 0.306 e. The highest BCUT2D eigenvalue weighted by Gasteiger charge is 2.53. The molecule has 3 aromatic carbocycles. The number of halogens is 1. The van der Waals surface area contributed by atoms with Crippen LogP contribution in [0.15, 0.2) is 83.9 Å². The lowest BCUT2D eigenvalue weighted by atomic mass is 9.83. The zero-order chi connectivity index (χ0) is 30.2. The summed E-state index contributed by atoms with van der Waals surface area (Å²) in [5.74, 6) is -0.368. The van der Waals surface area contributed by atoms with E-state index in [1.165, 1.54) is 12.1 Å². The summed E-state index contributed by atoms with van der Waals surface area (Å²) < 4.78 is 31.1. The van der Waals surface area contributed by atoms with Crippen LogP contribution in [0.25, 0.3) is 0 Å². The van der Waals surface area contributed by atoms with Crippen LogP contribution in [0.5, 0.6) is 5.75 Å². The van der Waals surface area contributed by atoms with Gasteiger partial charge in [-0.2, -0.15) is 0 Å². The van der Waals surface area contributed by atoms with Crippen LogP contribution in [0.2, 0.25) is 0 Å². The van der Waals surface area contributed by atoms with Crippen LogP contribution in [-0.2, 0) is 25.6 Å². The van der Waals surface area contributed by atoms with Crippen molar-refractivity contribution in [1.29, 1.82) is 0 Å². The number of carbonyl (C=O) groups excluding carboxylic acids is 2. The molecule has 42 heavy (non-hydrogen) atoms. The van der Waals surface area contributed by atoms with E-state index >= 15 is 0 Å². The van der Waals surface area contributed by atoms with E-state index in [4.69, 9.17) is 24.3 Å². The van der Waals surface area contributed by atoms with Gasteiger partial charge in [0, 0.05) is 31.6 Å². The first-order valence-electron chi connectivity index (χ1n) is 14.0. The Kier molecular flexibility index (Phi) is 9.96. The number of hydrogen-bond donors (Lipinski definition) is 2. The van der Waals surface area contributed by atoms with Crippen molar-refractivity contribution < 1.29 is 33.3 Å². The summed E-state index contributed by atoms with van der Waals surface area (Å²) in [6.07, 6.45) is -0.348. The molecular formula is C33H37FN2O6. The third kappa shape index (κ3) is 7.94. The molecule has 1 heterocycles. The number of esters is 1. The average molecular weight is 577 g/mol. The number of aliphatic imine (C=N–C) groups is 1. The van der Waals surface area contributed by atoms with Crippen molar-refractivity contribution in [2.45, 2.75) is 63.8 Å². The van der Waals surface area contributed by atoms with Gasteiger partial charge in [-0.05, 0) is 74.7 Å². The van der Waals surface area contributed by atoms with Crippen LogP contribution < -0.4 is 10.1 Å². The molecule has 0 saturated carbocycles. The van der Waals surface area contributed by atoms with E-state index in [1.54, 1.807) is 57.2 Å². The number of benzene rings is 3. The molecule has 9 heteroatoms. The number of nitrogens with zero attached hydrogens (tertiary/aromatic N) is 1. The van der Waals surface area contributed by atoms with Crippen molar-refractivity contribution in [3.63, 3.8) is 0 Å². The molecule has 0 aromatic heterocycles. The van der Waals surface area contributed by atoms with E-state index in [0.29, 0.717) is 29.9 Å². The standard InChI is InChI=1S/C33H37FN2O6/c1-32(2,3)42-28(38)18-19-33(31(39)35-22-23-10-14-26(34)15-11-23)29(24-8-5-4-6-9-24)41-30(36-33)25-12-16-27(17-13-25)40-21-7-20-37/h4-6,8-17,29,37H,7,18-22H2,1-3H3,(H,35,39)/t29-,33-/m1/s1. The van der Waals surface area contributed by atoms with Crippen molar-refractivity contribution in [3.8, 4) is 5.75 Å². The zero-order valence-electron chi connectivity index (χ0n) is 24.1. The van der Waals surface area contributed by atoms with E-state index in [-0.39, 0.29) is 37.7 Å². The highest BCUT2D eigenvalue weighted by molar-refractivity contribution is 6.01. The van der Waals surface area contributed by atoms with Crippen LogP contribution >= 0.6 is 0 Å². The molecule has 0 bridgehead atoms. The van der Waals surface area contributed by atoms with E-state index in [2.05, 4.69) is 5.32 Å². The average Bonchev–Trinajstić information content (AvgIpc) is 3.37. The molecule has 0 spiro atoms. The quantitative estimate of drug-likeness (QED) is 0.224. The molecule has 0 fully saturated rings. The minimum absolute atomic E-state index is 0.0303. The molecule has 1 aliphatic rings. The number of rotatable bonds is 12. The predicted molar refractivity (Wildman–Crippen MR) is 157 cm³/mol. The van der Waals surface area contributed by atoms with Crippen molar-refractivity contribution in [1.82, 2.24) is 5.32 Å². The largest absolute Gasteiger partial charge is 0.494 e. The minimum Gasteiger partial charge on any atom is -0.494 e. The maximum atomic E-state index is 14.1. The second-order valence-electron chi connectivity index (χ2n) is 11.1. The normalized spacial score (nSPS) is 18.1. The van der Waals surface area contributed by atoms with Gasteiger partial charge >= 0.3 is 5.97 Å². The topological polar surface area (TPSA) is 106 Å². The molecule has 0 aliphatic carbocycles. The van der Waals surface area contributed by atoms with Gasteiger partial charge in [-0.3, -0.25) is 9.59 Å². The van der Waals surface area contributed by atoms with E-state index < -0.39 is 29.1 Å². The smallest absolute Gasteiger partial charge is 0.306 e. The minimum atomic E-state index is -1.50. The summed E-state index contributed by atoms with van der Waals surface area (Å²) in [6.45, 7) is 5.92. The Hall–Kier alpha value is -4.24. The van der Waals surface area contributed by atoms with Gasteiger partial charge in [-0.25, -0.2) is 9.38 Å². The molecule has 4 rings (SSSR count). The van der Waals surface area contributed by atoms with Crippen LogP contribution in [-0.4, -0.2) is 47.2 Å². The number of aliphatic hydroxyl groups excluding tert-OH is 1. The Morgan fingerprint density at radius 3 is 2.36 bits per heavy atom. The predicted octanol–water partition coefficient (Wildman–Crippen LogP) is 5.28. The fourth-order valence-corrected chi connectivity index (χ4v) is 4.62. The Balaban J connectivity index is 1.69. The van der Waals surface area contributed by atoms with Crippen molar-refractivity contribution in [2.75, 3.05) is 13.2 Å². The van der Waals surface area contributed by atoms with E-state index in [0.717, 1.165) is 5.56 Å². The van der Waals surface area contributed by atoms with Gasteiger partial charge in [-0.15, -0.1) is 0 Å². The lowest BCUT2D eigenvalue weighted by molar-refractivity contribution is -0.155. The lowest BCUT2D eigenvalue weighted by Crippen LogP contribution is -2.48. The van der Waals surface area contributed by atoms with Crippen molar-refractivity contribution in [3.05, 3.63) is 101 Å². The fourth-order valence-electron chi connectivity index (χ4n) is 4.62. The molecular weight excluding hydrogens is 539 g/mol. The summed E-state index contributed by atoms with van der Waals surface area (Å²) in [6, 6.07) is 22.3. The molecule has 0 unspecified atom stereocenters. The molecule has 1 aliphatic heterocycles. The number of carbonyl (C=O) groups is 2. The fraction of sp³-hybridized carbons (Fsp3) is 0.364. The summed E-state index contributed by atoms with van der Waals surface area (Å²) in [5, 5.41) is 11.9. The molecule has 8 nitrogen and oxygen atoms in total. The Bertz CT molecular complexity index is 1370. The SMILES string of the molecule is CC(C)(C)OC(=O)CC[C@@]1(C(=O)NCc2ccc(F)cc2)N=C(c2ccc(OCCCO)cc2)O[C@@H]1c1ccccc1. The van der Waals surface area contributed by atoms with Crippen LogP contribution in [0, 0.1) is 5.82 Å². The first-order valence-corrected chi connectivity index (χ1v) is 14.0. The van der Waals surface area contributed by atoms with Gasteiger partial charge in [-0.1, -0.05) is 42.5 Å². The van der Waals surface area contributed by atoms with Crippen LogP contribution in [0.3, 0.4) is 0 Å². The Morgan fingerprint density at radius 2 is 1.71 bits per heavy atom. The second-order valence-corrected chi connectivity index (χ2v) is 11.1. The van der Waals surface area contributed by atoms with Crippen LogP contribution in [0.1, 0.15) is 62.8 Å². The number of aliphatic hydroxyl groups is 1. The van der Waals surface area contributed by atoms with E-state index in [9.17, 15) is 14.0 Å². The van der Waals surface area contributed by atoms with Crippen LogP contribution in [0.4, 0.5) is 4.39 Å². The number of nitrogens with one attached hydrogen (secondary N) is 1. The summed E-state index contributed by atoms with van der Waals surface area (Å²) in [5.41, 5.74) is -0.111. The van der Waals surface area contributed by atoms with Gasteiger partial charge in [0.15, 0.2) is 11.6 Å². The Labute approximate surface area is 245 Å². The highest BCUT2D eigenvalue weighted by Crippen LogP contribution is 2.43. The third-order valence-electron chi connectivity index (χ3n) is 6.63. The molecule has 0 saturated heterocycles. The van der Waals surface area contributed by atoms with Gasteiger partial charge < -0.3 is 24.6 Å². The first kappa shape index (κ1) is 30.7. The van der Waals surface area contributed by atoms with E-state index in [1.807, 2.05) is 30.3 Å². The maximum absolute atomic E-state index is 14.1. The molecule has 2 N–H and O–H groups in total.